The van der Waals surface area contributed by atoms with E-state index in [1.165, 1.54) is 22.9 Å². The van der Waals surface area contributed by atoms with E-state index in [2.05, 4.69) is 28.5 Å². The highest BCUT2D eigenvalue weighted by Crippen LogP contribution is 2.31. The van der Waals surface area contributed by atoms with Crippen LogP contribution in [0.15, 0.2) is 58.2 Å². The molecule has 2 aromatic carbocycles. The van der Waals surface area contributed by atoms with Crippen LogP contribution in [0.5, 0.6) is 0 Å². The molecule has 0 aliphatic heterocycles. The third kappa shape index (κ3) is 3.42. The fourth-order valence-corrected chi connectivity index (χ4v) is 4.07. The predicted octanol–water partition coefficient (Wildman–Crippen LogP) is 4.50. The molecule has 4 rings (SSSR count). The van der Waals surface area contributed by atoms with Gasteiger partial charge < -0.3 is 9.73 Å². The lowest BCUT2D eigenvalue weighted by Gasteiger charge is -2.27. The van der Waals surface area contributed by atoms with Crippen LogP contribution in [-0.4, -0.2) is 16.1 Å². The van der Waals surface area contributed by atoms with E-state index in [4.69, 9.17) is 4.42 Å². The number of amides is 1. The number of para-hydroxylation sites is 2. The Hall–Kier alpha value is -2.27. The molecule has 3 aromatic rings. The minimum absolute atomic E-state index is 0.0222. The topological polar surface area (TPSA) is 55.1 Å². The number of fused-ring (bicyclic) bond motifs is 2. The Morgan fingerprint density at radius 2 is 2.04 bits per heavy atom. The van der Waals surface area contributed by atoms with Gasteiger partial charge in [0.1, 0.15) is 5.52 Å². The van der Waals surface area contributed by atoms with Crippen LogP contribution in [-0.2, 0) is 11.2 Å². The second-order valence-corrected chi connectivity index (χ2v) is 7.65. The zero-order valence-electron chi connectivity index (χ0n) is 14.1. The number of thioether (sulfide) groups is 1. The molecule has 1 aliphatic rings. The van der Waals surface area contributed by atoms with Crippen molar-refractivity contribution in [3.8, 4) is 0 Å². The Morgan fingerprint density at radius 1 is 1.24 bits per heavy atom. The van der Waals surface area contributed by atoms with Crippen molar-refractivity contribution in [1.29, 1.82) is 0 Å². The van der Waals surface area contributed by atoms with E-state index >= 15 is 0 Å². The second kappa shape index (κ2) is 6.92. The third-order valence-corrected chi connectivity index (χ3v) is 5.55. The zero-order chi connectivity index (χ0) is 17.2. The molecule has 25 heavy (non-hydrogen) atoms. The molecular formula is C20H20N2O2S. The minimum Gasteiger partial charge on any atom is -0.431 e. The van der Waals surface area contributed by atoms with Gasteiger partial charge in [0.25, 0.3) is 5.22 Å². The van der Waals surface area contributed by atoms with Crippen LogP contribution in [0, 0.1) is 0 Å². The SMILES string of the molecule is CC(Sc1nc2ccccc2o1)C(=O)NC1CCCc2ccccc21. The quantitative estimate of drug-likeness (QED) is 0.702. The fraction of sp³-hybridized carbons (Fsp3) is 0.300. The molecule has 1 amide bonds. The maximum atomic E-state index is 12.6. The van der Waals surface area contributed by atoms with Crippen molar-refractivity contribution in [2.24, 2.45) is 0 Å². The first-order valence-electron chi connectivity index (χ1n) is 8.61. The average Bonchev–Trinajstić information content (AvgIpc) is 3.04. The minimum atomic E-state index is -0.262. The zero-order valence-corrected chi connectivity index (χ0v) is 14.9. The molecule has 2 unspecified atom stereocenters. The van der Waals surface area contributed by atoms with Gasteiger partial charge in [-0.1, -0.05) is 48.2 Å². The van der Waals surface area contributed by atoms with Crippen molar-refractivity contribution >= 4 is 28.8 Å². The van der Waals surface area contributed by atoms with E-state index in [0.717, 1.165) is 30.4 Å². The highest BCUT2D eigenvalue weighted by molar-refractivity contribution is 8.00. The highest BCUT2D eigenvalue weighted by Gasteiger charge is 2.25. The summed E-state index contributed by atoms with van der Waals surface area (Å²) in [5.41, 5.74) is 4.16. The van der Waals surface area contributed by atoms with E-state index in [1.807, 2.05) is 37.3 Å². The summed E-state index contributed by atoms with van der Waals surface area (Å²) >= 11 is 1.36. The third-order valence-electron chi connectivity index (χ3n) is 4.61. The van der Waals surface area contributed by atoms with Crippen LogP contribution in [0.4, 0.5) is 0 Å². The molecule has 1 aliphatic carbocycles. The first kappa shape index (κ1) is 16.2. The molecular weight excluding hydrogens is 332 g/mol. The lowest BCUT2D eigenvalue weighted by Crippen LogP contribution is -2.35. The number of oxazole rings is 1. The Kier molecular flexibility index (Phi) is 4.49. The Morgan fingerprint density at radius 3 is 2.92 bits per heavy atom. The molecule has 5 heteroatoms. The predicted molar refractivity (Wildman–Crippen MR) is 99.6 cm³/mol. The summed E-state index contributed by atoms with van der Waals surface area (Å²) in [5.74, 6) is 0.0222. The van der Waals surface area contributed by atoms with Gasteiger partial charge in [0.2, 0.25) is 5.91 Å². The molecule has 1 aromatic heterocycles. The maximum Gasteiger partial charge on any atom is 0.257 e. The number of carbonyl (C=O) groups excluding carboxylic acids is 1. The average molecular weight is 352 g/mol. The van der Waals surface area contributed by atoms with Crippen LogP contribution in [0.1, 0.15) is 36.9 Å². The number of nitrogens with zero attached hydrogens (tertiary/aromatic N) is 1. The number of aryl methyl sites for hydroxylation is 1. The number of hydrogen-bond acceptors (Lipinski definition) is 4. The first-order chi connectivity index (χ1) is 12.2. The molecule has 128 valence electrons. The largest absolute Gasteiger partial charge is 0.431 e. The summed E-state index contributed by atoms with van der Waals surface area (Å²) in [6, 6.07) is 16.1. The van der Waals surface area contributed by atoms with Gasteiger partial charge in [0, 0.05) is 0 Å². The smallest absolute Gasteiger partial charge is 0.257 e. The number of hydrogen-bond donors (Lipinski definition) is 1. The van der Waals surface area contributed by atoms with Gasteiger partial charge in [-0.2, -0.15) is 0 Å². The van der Waals surface area contributed by atoms with Gasteiger partial charge >= 0.3 is 0 Å². The van der Waals surface area contributed by atoms with Crippen molar-refractivity contribution in [2.45, 2.75) is 42.7 Å². The van der Waals surface area contributed by atoms with Crippen LogP contribution in [0.25, 0.3) is 11.1 Å². The van der Waals surface area contributed by atoms with Crippen LogP contribution in [0.3, 0.4) is 0 Å². The molecule has 0 saturated heterocycles. The van der Waals surface area contributed by atoms with Crippen molar-refractivity contribution in [3.63, 3.8) is 0 Å². The number of benzene rings is 2. The summed E-state index contributed by atoms with van der Waals surface area (Å²) in [6.45, 7) is 1.89. The van der Waals surface area contributed by atoms with Crippen molar-refractivity contribution in [1.82, 2.24) is 10.3 Å². The van der Waals surface area contributed by atoms with E-state index in [0.29, 0.717) is 5.22 Å². The molecule has 4 nitrogen and oxygen atoms in total. The second-order valence-electron chi connectivity index (χ2n) is 6.36. The number of aromatic nitrogens is 1. The lowest BCUT2D eigenvalue weighted by atomic mass is 9.88. The van der Waals surface area contributed by atoms with E-state index in [9.17, 15) is 4.79 Å². The number of carbonyl (C=O) groups is 1. The standard InChI is InChI=1S/C20H20N2O2S/c1-13(25-20-22-17-10-4-5-12-18(17)24-20)19(23)21-16-11-6-8-14-7-2-3-9-15(14)16/h2-5,7,9-10,12-13,16H,6,8,11H2,1H3,(H,21,23). The van der Waals surface area contributed by atoms with Crippen molar-refractivity contribution < 1.29 is 9.21 Å². The maximum absolute atomic E-state index is 12.6. The molecule has 0 fully saturated rings. The highest BCUT2D eigenvalue weighted by atomic mass is 32.2. The van der Waals surface area contributed by atoms with Gasteiger partial charge in [-0.25, -0.2) is 4.98 Å². The molecule has 2 atom stereocenters. The molecule has 0 saturated carbocycles. The van der Waals surface area contributed by atoms with E-state index in [1.54, 1.807) is 0 Å². The summed E-state index contributed by atoms with van der Waals surface area (Å²) in [7, 11) is 0. The monoisotopic (exact) mass is 352 g/mol. The summed E-state index contributed by atoms with van der Waals surface area (Å²) in [4.78, 5) is 17.1. The molecule has 0 bridgehead atoms. The van der Waals surface area contributed by atoms with Gasteiger partial charge in [-0.3, -0.25) is 4.79 Å². The van der Waals surface area contributed by atoms with Crippen LogP contribution in [0.2, 0.25) is 0 Å². The van der Waals surface area contributed by atoms with Crippen LogP contribution >= 0.6 is 11.8 Å². The number of nitrogens with one attached hydrogen (secondary N) is 1. The Balaban J connectivity index is 1.44. The Bertz CT molecular complexity index is 872. The van der Waals surface area contributed by atoms with Crippen molar-refractivity contribution in [3.05, 3.63) is 59.7 Å². The van der Waals surface area contributed by atoms with Crippen molar-refractivity contribution in [2.75, 3.05) is 0 Å². The lowest BCUT2D eigenvalue weighted by molar-refractivity contribution is -0.121. The molecule has 1 heterocycles. The Labute approximate surface area is 151 Å². The van der Waals surface area contributed by atoms with Gasteiger partial charge in [0.15, 0.2) is 5.58 Å². The van der Waals surface area contributed by atoms with Gasteiger partial charge in [-0.15, -0.1) is 0 Å². The summed E-state index contributed by atoms with van der Waals surface area (Å²) in [6.07, 6.45) is 3.19. The number of rotatable bonds is 4. The molecule has 1 N–H and O–H groups in total. The van der Waals surface area contributed by atoms with Gasteiger partial charge in [0.05, 0.1) is 11.3 Å². The molecule has 0 radical (unpaired) electrons. The summed E-state index contributed by atoms with van der Waals surface area (Å²) < 4.78 is 5.71. The van der Waals surface area contributed by atoms with Gasteiger partial charge in [-0.05, 0) is 49.4 Å². The molecule has 0 spiro atoms. The van der Waals surface area contributed by atoms with Crippen LogP contribution < -0.4 is 5.32 Å². The fourth-order valence-electron chi connectivity index (χ4n) is 3.30. The first-order valence-corrected chi connectivity index (χ1v) is 9.49. The normalized spacial score (nSPS) is 17.9. The van der Waals surface area contributed by atoms with E-state index < -0.39 is 0 Å². The summed E-state index contributed by atoms with van der Waals surface area (Å²) in [5, 5.41) is 3.47. The van der Waals surface area contributed by atoms with E-state index in [-0.39, 0.29) is 17.2 Å².